The van der Waals surface area contributed by atoms with Crippen LogP contribution in [0.25, 0.3) is 16.2 Å². The maximum atomic E-state index is 15.0. The highest BCUT2D eigenvalue weighted by Gasteiger charge is 2.36. The number of Topliss-reactive ketones (excluding diaryl/α,β-unsaturated/α-hetero) is 1. The van der Waals surface area contributed by atoms with Gasteiger partial charge >= 0.3 is 5.97 Å². The summed E-state index contributed by atoms with van der Waals surface area (Å²) in [5.41, 5.74) is -1.19. The second-order valence-corrected chi connectivity index (χ2v) is 10.1. The van der Waals surface area contributed by atoms with Crippen LogP contribution in [-0.4, -0.2) is 57.2 Å². The van der Waals surface area contributed by atoms with Crippen molar-refractivity contribution in [2.45, 2.75) is 38.7 Å². The van der Waals surface area contributed by atoms with Gasteiger partial charge in [-0.05, 0) is 31.2 Å². The predicted octanol–water partition coefficient (Wildman–Crippen LogP) is 3.28. The van der Waals surface area contributed by atoms with Gasteiger partial charge < -0.3 is 14.7 Å². The Kier molecular flexibility index (Phi) is 6.37. The number of hydrogen-bond acceptors (Lipinski definition) is 8. The number of thiazole rings is 1. The molecule has 2 fully saturated rings. The van der Waals surface area contributed by atoms with Gasteiger partial charge in [-0.2, -0.15) is 0 Å². The summed E-state index contributed by atoms with van der Waals surface area (Å²) in [6.07, 6.45) is 6.40. The zero-order chi connectivity index (χ0) is 24.7. The molecule has 2 atom stereocenters. The van der Waals surface area contributed by atoms with Gasteiger partial charge in [0.2, 0.25) is 5.43 Å². The first-order valence-electron chi connectivity index (χ1n) is 11.6. The highest BCUT2D eigenvalue weighted by atomic mass is 32.1. The van der Waals surface area contributed by atoms with Crippen LogP contribution in [0.5, 0.6) is 0 Å². The van der Waals surface area contributed by atoms with Crippen LogP contribution in [0.1, 0.15) is 43.0 Å². The highest BCUT2D eigenvalue weighted by molar-refractivity contribution is 7.12. The summed E-state index contributed by atoms with van der Waals surface area (Å²) in [6.45, 7) is 3.45. The molecule has 0 radical (unpaired) electrons. The Morgan fingerprint density at radius 2 is 2.14 bits per heavy atom. The third-order valence-corrected chi connectivity index (χ3v) is 7.55. The van der Waals surface area contributed by atoms with E-state index in [2.05, 4.69) is 9.97 Å². The van der Waals surface area contributed by atoms with E-state index in [9.17, 15) is 19.5 Å². The van der Waals surface area contributed by atoms with Crippen LogP contribution in [0, 0.1) is 17.7 Å². The molecule has 184 valence electrons. The SMILES string of the molecule is CC(CC(=O)C1CN(c2nc3c(cc2F)c(=O)c(C(=O)O)cn3-c2nccs2)C1)C1CCCCO1. The van der Waals surface area contributed by atoms with Crippen molar-refractivity contribution in [1.82, 2.24) is 14.5 Å². The molecular formula is C24H25FN4O5S. The second-order valence-electron chi connectivity index (χ2n) is 9.18. The molecule has 2 aliphatic rings. The monoisotopic (exact) mass is 500 g/mol. The number of ketones is 1. The number of nitrogens with zero attached hydrogens (tertiary/aromatic N) is 4. The lowest BCUT2D eigenvalue weighted by Gasteiger charge is -2.40. The van der Waals surface area contributed by atoms with Crippen LogP contribution < -0.4 is 10.3 Å². The van der Waals surface area contributed by atoms with Crippen molar-refractivity contribution in [2.75, 3.05) is 24.6 Å². The average Bonchev–Trinajstić information content (AvgIpc) is 3.34. The van der Waals surface area contributed by atoms with E-state index in [1.165, 1.54) is 15.9 Å². The first kappa shape index (κ1) is 23.6. The number of carboxylic acid groups (broad SMARTS) is 1. The van der Waals surface area contributed by atoms with Gasteiger partial charge in [0.05, 0.1) is 17.4 Å². The van der Waals surface area contributed by atoms with E-state index in [1.807, 2.05) is 6.92 Å². The molecule has 9 nitrogen and oxygen atoms in total. The third kappa shape index (κ3) is 4.45. The van der Waals surface area contributed by atoms with E-state index in [-0.39, 0.29) is 40.6 Å². The Balaban J connectivity index is 1.39. The summed E-state index contributed by atoms with van der Waals surface area (Å²) in [5.74, 6) is -2.06. The zero-order valence-corrected chi connectivity index (χ0v) is 20.0. The van der Waals surface area contributed by atoms with Crippen LogP contribution in [-0.2, 0) is 9.53 Å². The predicted molar refractivity (Wildman–Crippen MR) is 128 cm³/mol. The molecule has 0 amide bonds. The molecular weight excluding hydrogens is 475 g/mol. The second kappa shape index (κ2) is 9.46. The number of anilines is 1. The lowest BCUT2D eigenvalue weighted by atomic mass is 9.86. The number of carbonyl (C=O) groups excluding carboxylic acids is 1. The molecule has 2 saturated heterocycles. The fraction of sp³-hybridized carbons (Fsp3) is 0.458. The average molecular weight is 501 g/mol. The van der Waals surface area contributed by atoms with Crippen molar-refractivity contribution in [3.05, 3.63) is 45.4 Å². The normalized spacial score (nSPS) is 19.5. The van der Waals surface area contributed by atoms with Crippen LogP contribution in [0.15, 0.2) is 28.6 Å². The number of rotatable bonds is 7. The molecule has 2 unspecified atom stereocenters. The summed E-state index contributed by atoms with van der Waals surface area (Å²) < 4.78 is 22.2. The zero-order valence-electron chi connectivity index (χ0n) is 19.1. The summed E-state index contributed by atoms with van der Waals surface area (Å²) >= 11 is 1.23. The first-order chi connectivity index (χ1) is 16.8. The lowest BCUT2D eigenvalue weighted by Crippen LogP contribution is -2.51. The van der Waals surface area contributed by atoms with Gasteiger partial charge in [-0.3, -0.25) is 14.2 Å². The van der Waals surface area contributed by atoms with Crippen molar-refractivity contribution in [1.29, 1.82) is 0 Å². The van der Waals surface area contributed by atoms with Crippen molar-refractivity contribution < 1.29 is 23.8 Å². The van der Waals surface area contributed by atoms with E-state index < -0.39 is 22.8 Å². The molecule has 11 heteroatoms. The van der Waals surface area contributed by atoms with Gasteiger partial charge in [0.15, 0.2) is 22.4 Å². The van der Waals surface area contributed by atoms with Crippen molar-refractivity contribution in [3.63, 3.8) is 0 Å². The van der Waals surface area contributed by atoms with E-state index in [1.54, 1.807) is 16.5 Å². The van der Waals surface area contributed by atoms with Gasteiger partial charge in [-0.1, -0.05) is 6.92 Å². The molecule has 3 aromatic heterocycles. The van der Waals surface area contributed by atoms with Gasteiger partial charge in [-0.15, -0.1) is 11.3 Å². The molecule has 35 heavy (non-hydrogen) atoms. The highest BCUT2D eigenvalue weighted by Crippen LogP contribution is 2.31. The summed E-state index contributed by atoms with van der Waals surface area (Å²) in [6, 6.07) is 1.02. The molecule has 3 aromatic rings. The number of carboxylic acids is 1. The quantitative estimate of drug-likeness (QED) is 0.526. The maximum absolute atomic E-state index is 15.0. The Morgan fingerprint density at radius 3 is 2.80 bits per heavy atom. The molecule has 0 saturated carbocycles. The van der Waals surface area contributed by atoms with Gasteiger partial charge in [0, 0.05) is 43.9 Å². The molecule has 2 aliphatic heterocycles. The Labute approximate surface area is 204 Å². The summed E-state index contributed by atoms with van der Waals surface area (Å²) in [4.78, 5) is 47.3. The fourth-order valence-corrected chi connectivity index (χ4v) is 5.37. The van der Waals surface area contributed by atoms with Crippen molar-refractivity contribution in [2.24, 2.45) is 11.8 Å². The first-order valence-corrected chi connectivity index (χ1v) is 12.5. The van der Waals surface area contributed by atoms with E-state index in [0.717, 1.165) is 38.1 Å². The minimum Gasteiger partial charge on any atom is -0.477 e. The summed E-state index contributed by atoms with van der Waals surface area (Å²) in [7, 11) is 0. The number of halogens is 1. The molecule has 0 aromatic carbocycles. The van der Waals surface area contributed by atoms with Gasteiger partial charge in [0.25, 0.3) is 0 Å². The van der Waals surface area contributed by atoms with Gasteiger partial charge in [0.1, 0.15) is 11.3 Å². The Hall–Kier alpha value is -3.18. The smallest absolute Gasteiger partial charge is 0.341 e. The molecule has 5 heterocycles. The molecule has 0 aliphatic carbocycles. The molecule has 5 rings (SSSR count). The number of aromatic nitrogens is 3. The number of pyridine rings is 2. The van der Waals surface area contributed by atoms with Crippen molar-refractivity contribution >= 4 is 39.9 Å². The van der Waals surface area contributed by atoms with Crippen LogP contribution in [0.4, 0.5) is 10.2 Å². The topological polar surface area (TPSA) is 115 Å². The van der Waals surface area contributed by atoms with E-state index in [0.29, 0.717) is 24.6 Å². The molecule has 0 spiro atoms. The number of ether oxygens (including phenoxy) is 1. The number of aromatic carboxylic acids is 1. The van der Waals surface area contributed by atoms with Gasteiger partial charge in [-0.25, -0.2) is 19.2 Å². The minimum absolute atomic E-state index is 0.0259. The largest absolute Gasteiger partial charge is 0.477 e. The maximum Gasteiger partial charge on any atom is 0.341 e. The number of fused-ring (bicyclic) bond motifs is 1. The third-order valence-electron chi connectivity index (χ3n) is 6.78. The van der Waals surface area contributed by atoms with Crippen LogP contribution in [0.2, 0.25) is 0 Å². The molecule has 0 bridgehead atoms. The van der Waals surface area contributed by atoms with E-state index in [4.69, 9.17) is 4.74 Å². The lowest BCUT2D eigenvalue weighted by molar-refractivity contribution is -0.126. The fourth-order valence-electron chi connectivity index (χ4n) is 4.75. The molecule has 1 N–H and O–H groups in total. The number of hydrogen-bond donors (Lipinski definition) is 1. The van der Waals surface area contributed by atoms with Crippen LogP contribution >= 0.6 is 11.3 Å². The minimum atomic E-state index is -1.41. The Morgan fingerprint density at radius 1 is 1.34 bits per heavy atom. The van der Waals surface area contributed by atoms with Crippen molar-refractivity contribution in [3.8, 4) is 5.13 Å². The number of carbonyl (C=O) groups is 2. The van der Waals surface area contributed by atoms with E-state index >= 15 is 4.39 Å². The summed E-state index contributed by atoms with van der Waals surface area (Å²) in [5, 5.41) is 11.4. The standard InChI is InChI=1S/C24H25FN4O5S/c1-13(19-4-2-3-6-34-19)8-18(30)14-10-28(11-14)22-17(25)9-15-20(31)16(23(32)33)12-29(21(15)27-22)24-26-5-7-35-24/h5,7,9,12-14,19H,2-4,6,8,10-11H2,1H3,(H,32,33). The Bertz CT molecular complexity index is 1330. The van der Waals surface area contributed by atoms with Crippen LogP contribution in [0.3, 0.4) is 0 Å².